The van der Waals surface area contributed by atoms with Crippen LogP contribution in [0, 0.1) is 5.92 Å². The molecular formula is C20H25ClN4O2. The highest BCUT2D eigenvalue weighted by atomic mass is 35.5. The standard InChI is InChI=1S/C20H25ClN4O2/c1-13(2)18-22-23-20(27-18)25-11-9-24(10-12-25)19(26)17(14-3-4-14)15-5-7-16(21)8-6-15/h5-8,13-14,17H,3-4,9-12H2,1-2H3. The molecule has 2 aliphatic rings. The van der Waals surface area contributed by atoms with E-state index in [9.17, 15) is 4.79 Å². The largest absolute Gasteiger partial charge is 0.408 e. The normalized spacial score (nSPS) is 18.8. The van der Waals surface area contributed by atoms with Gasteiger partial charge < -0.3 is 14.2 Å². The monoisotopic (exact) mass is 388 g/mol. The van der Waals surface area contributed by atoms with Crippen LogP contribution in [0.25, 0.3) is 0 Å². The predicted octanol–water partition coefficient (Wildman–Crippen LogP) is 3.69. The second-order valence-electron chi connectivity index (χ2n) is 7.76. The second-order valence-corrected chi connectivity index (χ2v) is 8.19. The van der Waals surface area contributed by atoms with Crippen LogP contribution < -0.4 is 4.90 Å². The van der Waals surface area contributed by atoms with Gasteiger partial charge in [0.15, 0.2) is 0 Å². The van der Waals surface area contributed by atoms with Crippen molar-refractivity contribution in [2.24, 2.45) is 5.92 Å². The summed E-state index contributed by atoms with van der Waals surface area (Å²) < 4.78 is 5.74. The van der Waals surface area contributed by atoms with Crippen molar-refractivity contribution in [3.05, 3.63) is 40.7 Å². The van der Waals surface area contributed by atoms with Crippen LogP contribution >= 0.6 is 11.6 Å². The minimum atomic E-state index is -0.0511. The van der Waals surface area contributed by atoms with Gasteiger partial charge in [0.25, 0.3) is 0 Å². The molecule has 4 rings (SSSR count). The number of hydrogen-bond donors (Lipinski definition) is 0. The fraction of sp³-hybridized carbons (Fsp3) is 0.550. The first kappa shape index (κ1) is 18.3. The van der Waals surface area contributed by atoms with E-state index in [-0.39, 0.29) is 17.7 Å². The first-order valence-corrected chi connectivity index (χ1v) is 10.0. The summed E-state index contributed by atoms with van der Waals surface area (Å²) in [6.07, 6.45) is 2.25. The fourth-order valence-corrected chi connectivity index (χ4v) is 3.74. The van der Waals surface area contributed by atoms with E-state index >= 15 is 0 Å². The lowest BCUT2D eigenvalue weighted by Crippen LogP contribution is -2.50. The third-order valence-corrected chi connectivity index (χ3v) is 5.63. The molecule has 6 nitrogen and oxygen atoms in total. The van der Waals surface area contributed by atoms with Crippen molar-refractivity contribution in [3.63, 3.8) is 0 Å². The molecule has 1 saturated heterocycles. The Bertz CT molecular complexity index is 793. The Labute approximate surface area is 164 Å². The second kappa shape index (κ2) is 7.50. The molecule has 0 bridgehead atoms. The third kappa shape index (κ3) is 3.95. The Morgan fingerprint density at radius 1 is 1.11 bits per heavy atom. The zero-order chi connectivity index (χ0) is 19.0. The first-order valence-electron chi connectivity index (χ1n) is 9.65. The Morgan fingerprint density at radius 3 is 2.33 bits per heavy atom. The number of nitrogens with zero attached hydrogens (tertiary/aromatic N) is 4. The minimum absolute atomic E-state index is 0.0511. The Balaban J connectivity index is 1.41. The van der Waals surface area contributed by atoms with E-state index in [1.165, 1.54) is 0 Å². The molecule has 0 spiro atoms. The molecule has 1 aromatic heterocycles. The van der Waals surface area contributed by atoms with E-state index in [2.05, 4.69) is 15.1 Å². The van der Waals surface area contributed by atoms with Gasteiger partial charge in [0.2, 0.25) is 11.8 Å². The molecule has 144 valence electrons. The summed E-state index contributed by atoms with van der Waals surface area (Å²) in [5, 5.41) is 8.96. The predicted molar refractivity (Wildman–Crippen MR) is 104 cm³/mol. The SMILES string of the molecule is CC(C)c1nnc(N2CCN(C(=O)C(c3ccc(Cl)cc3)C3CC3)CC2)o1. The van der Waals surface area contributed by atoms with Gasteiger partial charge in [-0.05, 0) is 36.5 Å². The summed E-state index contributed by atoms with van der Waals surface area (Å²) in [7, 11) is 0. The molecule has 2 fully saturated rings. The lowest BCUT2D eigenvalue weighted by Gasteiger charge is -2.35. The summed E-state index contributed by atoms with van der Waals surface area (Å²) in [6.45, 7) is 6.84. The highest BCUT2D eigenvalue weighted by Crippen LogP contribution is 2.44. The molecule has 1 aromatic carbocycles. The fourth-order valence-electron chi connectivity index (χ4n) is 3.62. The van der Waals surface area contributed by atoms with Gasteiger partial charge in [-0.3, -0.25) is 4.79 Å². The molecule has 1 unspecified atom stereocenters. The molecule has 7 heteroatoms. The van der Waals surface area contributed by atoms with Crippen LogP contribution in [0.2, 0.25) is 5.02 Å². The van der Waals surface area contributed by atoms with Crippen LogP contribution in [0.15, 0.2) is 28.7 Å². The number of rotatable bonds is 5. The van der Waals surface area contributed by atoms with E-state index in [0.717, 1.165) is 18.4 Å². The van der Waals surface area contributed by atoms with Crippen molar-refractivity contribution < 1.29 is 9.21 Å². The number of anilines is 1. The van der Waals surface area contributed by atoms with Crippen LogP contribution in [-0.2, 0) is 4.79 Å². The maximum absolute atomic E-state index is 13.2. The van der Waals surface area contributed by atoms with E-state index in [1.807, 2.05) is 43.0 Å². The molecule has 2 aromatic rings. The van der Waals surface area contributed by atoms with Gasteiger partial charge in [-0.2, -0.15) is 0 Å². The maximum Gasteiger partial charge on any atom is 0.318 e. The molecule has 0 radical (unpaired) electrons. The van der Waals surface area contributed by atoms with Crippen LogP contribution in [-0.4, -0.2) is 47.2 Å². The van der Waals surface area contributed by atoms with E-state index < -0.39 is 0 Å². The molecule has 1 aliphatic carbocycles. The topological polar surface area (TPSA) is 62.5 Å². The number of halogens is 1. The minimum Gasteiger partial charge on any atom is -0.408 e. The summed E-state index contributed by atoms with van der Waals surface area (Å²) in [6, 6.07) is 8.29. The Kier molecular flexibility index (Phi) is 5.08. The number of carbonyl (C=O) groups excluding carboxylic acids is 1. The van der Waals surface area contributed by atoms with Crippen molar-refractivity contribution in [2.45, 2.75) is 38.5 Å². The number of amides is 1. The number of piperazine rings is 1. The zero-order valence-electron chi connectivity index (χ0n) is 15.8. The summed E-state index contributed by atoms with van der Waals surface area (Å²) in [5.41, 5.74) is 1.08. The van der Waals surface area contributed by atoms with Gasteiger partial charge >= 0.3 is 6.01 Å². The van der Waals surface area contributed by atoms with E-state index in [0.29, 0.717) is 49.0 Å². The Hall–Kier alpha value is -2.08. The lowest BCUT2D eigenvalue weighted by atomic mass is 9.92. The molecule has 27 heavy (non-hydrogen) atoms. The Morgan fingerprint density at radius 2 is 1.78 bits per heavy atom. The summed E-state index contributed by atoms with van der Waals surface area (Å²) >= 11 is 6.01. The number of aromatic nitrogens is 2. The number of benzene rings is 1. The average Bonchev–Trinajstić information content (AvgIpc) is 3.37. The summed E-state index contributed by atoms with van der Waals surface area (Å²) in [5.74, 6) is 1.51. The number of carbonyl (C=O) groups is 1. The van der Waals surface area contributed by atoms with Crippen molar-refractivity contribution in [3.8, 4) is 0 Å². The van der Waals surface area contributed by atoms with Crippen molar-refractivity contribution in [2.75, 3.05) is 31.1 Å². The van der Waals surface area contributed by atoms with Gasteiger partial charge in [-0.1, -0.05) is 42.7 Å². The van der Waals surface area contributed by atoms with E-state index in [4.69, 9.17) is 16.0 Å². The van der Waals surface area contributed by atoms with Crippen LogP contribution in [0.1, 0.15) is 50.0 Å². The van der Waals surface area contributed by atoms with Gasteiger partial charge in [0, 0.05) is 37.1 Å². The highest BCUT2D eigenvalue weighted by Gasteiger charge is 2.40. The average molecular weight is 389 g/mol. The zero-order valence-corrected chi connectivity index (χ0v) is 16.5. The quantitative estimate of drug-likeness (QED) is 0.781. The number of hydrogen-bond acceptors (Lipinski definition) is 5. The van der Waals surface area contributed by atoms with E-state index in [1.54, 1.807) is 0 Å². The van der Waals surface area contributed by atoms with Gasteiger partial charge in [0.05, 0.1) is 5.92 Å². The molecular weight excluding hydrogens is 364 g/mol. The maximum atomic E-state index is 13.2. The van der Waals surface area contributed by atoms with Gasteiger partial charge in [0.1, 0.15) is 0 Å². The van der Waals surface area contributed by atoms with Gasteiger partial charge in [-0.15, -0.1) is 5.10 Å². The molecule has 1 aliphatic heterocycles. The van der Waals surface area contributed by atoms with Crippen LogP contribution in [0.5, 0.6) is 0 Å². The van der Waals surface area contributed by atoms with Crippen molar-refractivity contribution >= 4 is 23.5 Å². The van der Waals surface area contributed by atoms with Crippen LogP contribution in [0.3, 0.4) is 0 Å². The molecule has 1 amide bonds. The van der Waals surface area contributed by atoms with Gasteiger partial charge in [-0.25, -0.2) is 0 Å². The lowest BCUT2D eigenvalue weighted by molar-refractivity contribution is -0.133. The first-order chi connectivity index (χ1) is 13.0. The molecule has 1 saturated carbocycles. The van der Waals surface area contributed by atoms with Crippen molar-refractivity contribution in [1.29, 1.82) is 0 Å². The van der Waals surface area contributed by atoms with Crippen LogP contribution in [0.4, 0.5) is 6.01 Å². The summed E-state index contributed by atoms with van der Waals surface area (Å²) in [4.78, 5) is 17.3. The smallest absolute Gasteiger partial charge is 0.318 e. The highest BCUT2D eigenvalue weighted by molar-refractivity contribution is 6.30. The third-order valence-electron chi connectivity index (χ3n) is 5.37. The molecule has 0 N–H and O–H groups in total. The molecule has 2 heterocycles. The van der Waals surface area contributed by atoms with Crippen molar-refractivity contribution in [1.82, 2.24) is 15.1 Å². The molecule has 1 atom stereocenters.